The van der Waals surface area contributed by atoms with Gasteiger partial charge in [-0.25, -0.2) is 13.4 Å². The topological polar surface area (TPSA) is 101 Å². The molecule has 27 heavy (non-hydrogen) atoms. The van der Waals surface area contributed by atoms with Crippen molar-refractivity contribution in [3.05, 3.63) is 47.2 Å². The Hall–Kier alpha value is -2.92. The maximum atomic E-state index is 12.4. The zero-order valence-corrected chi connectivity index (χ0v) is 16.3. The average molecular weight is 383 g/mol. The zero-order chi connectivity index (χ0) is 19.6. The van der Waals surface area contributed by atoms with E-state index in [1.54, 1.807) is 0 Å². The molecule has 1 aromatic carbocycles. The van der Waals surface area contributed by atoms with E-state index in [0.717, 1.165) is 28.5 Å². The Kier molecular flexibility index (Phi) is 5.15. The van der Waals surface area contributed by atoms with Crippen molar-refractivity contribution >= 4 is 26.7 Å². The van der Waals surface area contributed by atoms with Crippen LogP contribution in [0.15, 0.2) is 30.5 Å². The number of nitriles is 1. The van der Waals surface area contributed by atoms with Crippen LogP contribution in [0, 0.1) is 25.2 Å². The fourth-order valence-corrected chi connectivity index (χ4v) is 4.15. The smallest absolute Gasteiger partial charge is 0.233 e. The summed E-state index contributed by atoms with van der Waals surface area (Å²) in [6.45, 7) is 5.86. The van der Waals surface area contributed by atoms with Crippen molar-refractivity contribution in [2.45, 2.75) is 33.6 Å². The fourth-order valence-electron chi connectivity index (χ4n) is 2.89. The molecule has 0 unspecified atom stereocenters. The number of nitrogens with zero attached hydrogens (tertiary/aromatic N) is 4. The number of aryl methyl sites for hydroxylation is 2. The number of nitrogens with one attached hydrogen (secondary N) is 1. The molecule has 0 saturated heterocycles. The summed E-state index contributed by atoms with van der Waals surface area (Å²) < 4.78 is 28.6. The van der Waals surface area contributed by atoms with E-state index < -0.39 is 10.0 Å². The van der Waals surface area contributed by atoms with Gasteiger partial charge in [0.2, 0.25) is 10.0 Å². The predicted octanol–water partition coefficient (Wildman–Crippen LogP) is 3.45. The zero-order valence-electron chi connectivity index (χ0n) is 15.5. The van der Waals surface area contributed by atoms with Gasteiger partial charge >= 0.3 is 0 Å². The van der Waals surface area contributed by atoms with Gasteiger partial charge in [0.05, 0.1) is 17.5 Å². The van der Waals surface area contributed by atoms with Gasteiger partial charge in [-0.3, -0.25) is 4.72 Å². The molecule has 0 aliphatic rings. The molecule has 0 aliphatic carbocycles. The maximum Gasteiger partial charge on any atom is 0.233 e. The fraction of sp³-hybridized carbons (Fsp3) is 0.316. The van der Waals surface area contributed by atoms with Crippen molar-refractivity contribution in [2.24, 2.45) is 0 Å². The van der Waals surface area contributed by atoms with Gasteiger partial charge in [-0.05, 0) is 37.5 Å². The van der Waals surface area contributed by atoms with E-state index >= 15 is 0 Å². The molecular weight excluding hydrogens is 362 g/mol. The van der Waals surface area contributed by atoms with Crippen LogP contribution in [-0.2, 0) is 10.0 Å². The van der Waals surface area contributed by atoms with E-state index in [1.807, 2.05) is 51.1 Å². The number of fused-ring (bicyclic) bond motifs is 1. The Bertz CT molecular complexity index is 1140. The minimum absolute atomic E-state index is 0.0111. The Morgan fingerprint density at radius 2 is 2.04 bits per heavy atom. The first-order valence-corrected chi connectivity index (χ1v) is 10.4. The Morgan fingerprint density at radius 1 is 1.26 bits per heavy atom. The van der Waals surface area contributed by atoms with Crippen molar-refractivity contribution in [1.29, 1.82) is 5.26 Å². The number of hydrogen-bond donors (Lipinski definition) is 1. The first-order chi connectivity index (χ1) is 12.9. The minimum Gasteiger partial charge on any atom is -0.266 e. The van der Waals surface area contributed by atoms with Gasteiger partial charge in [-0.15, -0.1) is 0 Å². The van der Waals surface area contributed by atoms with Gasteiger partial charge in [0.25, 0.3) is 0 Å². The highest BCUT2D eigenvalue weighted by Gasteiger charge is 2.20. The molecule has 3 rings (SSSR count). The normalized spacial score (nSPS) is 11.5. The summed E-state index contributed by atoms with van der Waals surface area (Å²) in [5.74, 6) is 0.570. The number of sulfonamides is 1. The Labute approximate surface area is 158 Å². The lowest BCUT2D eigenvalue weighted by atomic mass is 10.1. The average Bonchev–Trinajstić information content (AvgIpc) is 3.02. The highest BCUT2D eigenvalue weighted by molar-refractivity contribution is 7.92. The van der Waals surface area contributed by atoms with E-state index in [1.165, 1.54) is 10.9 Å². The highest BCUT2D eigenvalue weighted by atomic mass is 32.2. The maximum absolute atomic E-state index is 12.4. The van der Waals surface area contributed by atoms with Crippen molar-refractivity contribution in [3.63, 3.8) is 0 Å². The molecule has 0 atom stereocenters. The molecule has 0 amide bonds. The molecule has 3 aromatic rings. The number of pyridine rings is 1. The largest absolute Gasteiger partial charge is 0.266 e. The summed E-state index contributed by atoms with van der Waals surface area (Å²) in [4.78, 5) is 4.66. The molecule has 2 aromatic heterocycles. The number of anilines is 1. The molecule has 140 valence electrons. The molecule has 7 nitrogen and oxygen atoms in total. The predicted molar refractivity (Wildman–Crippen MR) is 105 cm³/mol. The SMILES string of the molecule is CCCCS(=O)(=O)Nc1c(C#N)cnn1-c1cc(C)c2cccc(C)c2n1. The molecular formula is C19H21N5O2S. The second-order valence-electron chi connectivity index (χ2n) is 6.47. The summed E-state index contributed by atoms with van der Waals surface area (Å²) in [5.41, 5.74) is 2.98. The van der Waals surface area contributed by atoms with Crippen molar-refractivity contribution in [1.82, 2.24) is 14.8 Å². The number of para-hydroxylation sites is 1. The third-order valence-corrected chi connectivity index (χ3v) is 5.69. The van der Waals surface area contributed by atoms with Crippen molar-refractivity contribution in [3.8, 4) is 11.9 Å². The lowest BCUT2D eigenvalue weighted by molar-refractivity contribution is 0.597. The third-order valence-electron chi connectivity index (χ3n) is 4.36. The van der Waals surface area contributed by atoms with E-state index in [0.29, 0.717) is 12.2 Å². The van der Waals surface area contributed by atoms with Crippen molar-refractivity contribution in [2.75, 3.05) is 10.5 Å². The number of aromatic nitrogens is 3. The standard InChI is InChI=1S/C19H21N5O2S/c1-4-5-9-27(25,26)23-19-15(11-20)12-21-24(19)17-10-14(3)16-8-6-7-13(2)18(16)22-17/h6-8,10,12,23H,4-5,9H2,1-3H3. The summed E-state index contributed by atoms with van der Waals surface area (Å²) >= 11 is 0. The second-order valence-corrected chi connectivity index (χ2v) is 8.32. The summed E-state index contributed by atoms with van der Waals surface area (Å²) in [5, 5.41) is 14.6. The van der Waals surface area contributed by atoms with Gasteiger partial charge in [-0.2, -0.15) is 15.0 Å². The van der Waals surface area contributed by atoms with Crippen LogP contribution in [0.4, 0.5) is 5.82 Å². The van der Waals surface area contributed by atoms with E-state index in [9.17, 15) is 13.7 Å². The van der Waals surface area contributed by atoms with Crippen LogP contribution in [0.5, 0.6) is 0 Å². The van der Waals surface area contributed by atoms with E-state index in [-0.39, 0.29) is 17.1 Å². The second kappa shape index (κ2) is 7.37. The summed E-state index contributed by atoms with van der Waals surface area (Å²) in [7, 11) is -3.58. The van der Waals surface area contributed by atoms with E-state index in [2.05, 4.69) is 14.8 Å². The highest BCUT2D eigenvalue weighted by Crippen LogP contribution is 2.25. The lowest BCUT2D eigenvalue weighted by Crippen LogP contribution is -2.20. The van der Waals surface area contributed by atoms with Crippen LogP contribution in [0.25, 0.3) is 16.7 Å². The number of hydrogen-bond acceptors (Lipinski definition) is 5. The Morgan fingerprint density at radius 3 is 2.74 bits per heavy atom. The molecule has 8 heteroatoms. The van der Waals surface area contributed by atoms with Gasteiger partial charge in [-0.1, -0.05) is 31.5 Å². The van der Waals surface area contributed by atoms with Crippen LogP contribution in [0.2, 0.25) is 0 Å². The van der Waals surface area contributed by atoms with Crippen LogP contribution in [-0.4, -0.2) is 28.9 Å². The molecule has 0 aliphatic heterocycles. The molecule has 0 spiro atoms. The number of unbranched alkanes of at least 4 members (excludes halogenated alkanes) is 1. The van der Waals surface area contributed by atoms with Crippen LogP contribution in [0.1, 0.15) is 36.5 Å². The number of rotatable bonds is 6. The summed E-state index contributed by atoms with van der Waals surface area (Å²) in [6.07, 6.45) is 2.64. The lowest BCUT2D eigenvalue weighted by Gasteiger charge is -2.13. The van der Waals surface area contributed by atoms with E-state index in [4.69, 9.17) is 0 Å². The summed E-state index contributed by atoms with van der Waals surface area (Å²) in [6, 6.07) is 9.76. The molecule has 0 radical (unpaired) electrons. The minimum atomic E-state index is -3.58. The van der Waals surface area contributed by atoms with Gasteiger partial charge in [0, 0.05) is 5.39 Å². The molecule has 0 saturated carbocycles. The van der Waals surface area contributed by atoms with Crippen molar-refractivity contribution < 1.29 is 8.42 Å². The van der Waals surface area contributed by atoms with Gasteiger partial charge in [0.1, 0.15) is 11.6 Å². The number of benzene rings is 1. The van der Waals surface area contributed by atoms with Crippen LogP contribution < -0.4 is 4.72 Å². The third kappa shape index (κ3) is 3.78. The quantitative estimate of drug-likeness (QED) is 0.702. The van der Waals surface area contributed by atoms with Gasteiger partial charge in [0.15, 0.2) is 11.6 Å². The molecule has 0 bridgehead atoms. The van der Waals surface area contributed by atoms with Crippen LogP contribution in [0.3, 0.4) is 0 Å². The Balaban J connectivity index is 2.14. The monoisotopic (exact) mass is 383 g/mol. The molecule has 0 fully saturated rings. The molecule has 2 heterocycles. The first-order valence-electron chi connectivity index (χ1n) is 8.72. The van der Waals surface area contributed by atoms with Crippen LogP contribution >= 0.6 is 0 Å². The molecule has 1 N–H and O–H groups in total. The van der Waals surface area contributed by atoms with Gasteiger partial charge < -0.3 is 0 Å². The first kappa shape index (κ1) is 18.9.